The molecule has 3 nitrogen and oxygen atoms in total. The summed E-state index contributed by atoms with van der Waals surface area (Å²) in [7, 11) is 0. The highest BCUT2D eigenvalue weighted by molar-refractivity contribution is 7.13. The minimum atomic E-state index is 0.598. The Morgan fingerprint density at radius 2 is 1.89 bits per heavy atom. The molecule has 90 valence electrons. The number of imidazole rings is 1. The first-order valence-electron chi connectivity index (χ1n) is 5.65. The van der Waals surface area contributed by atoms with Crippen LogP contribution in [0.15, 0.2) is 47.8 Å². The molecule has 0 atom stereocenters. The fourth-order valence-corrected chi connectivity index (χ4v) is 2.63. The summed E-state index contributed by atoms with van der Waals surface area (Å²) in [5.74, 6) is 0.598. The Balaban J connectivity index is 2.16. The second-order valence-electron chi connectivity index (χ2n) is 4.02. The van der Waals surface area contributed by atoms with E-state index in [1.54, 1.807) is 11.3 Å². The maximum Gasteiger partial charge on any atom is 0.186 e. The molecule has 0 aliphatic heterocycles. The van der Waals surface area contributed by atoms with Crippen molar-refractivity contribution in [2.45, 2.75) is 6.92 Å². The van der Waals surface area contributed by atoms with Crippen molar-refractivity contribution in [2.24, 2.45) is 0 Å². The molecule has 0 unspecified atom stereocenters. The van der Waals surface area contributed by atoms with Crippen molar-refractivity contribution in [3.8, 4) is 22.0 Å². The van der Waals surface area contributed by atoms with Gasteiger partial charge in [0.25, 0.3) is 0 Å². The van der Waals surface area contributed by atoms with Gasteiger partial charge in [-0.25, -0.2) is 4.98 Å². The first-order valence-corrected chi connectivity index (χ1v) is 6.53. The van der Waals surface area contributed by atoms with Crippen molar-refractivity contribution in [2.75, 3.05) is 0 Å². The van der Waals surface area contributed by atoms with E-state index in [-0.39, 0.29) is 0 Å². The second-order valence-corrected chi connectivity index (χ2v) is 4.97. The Bertz CT molecular complexity index is 657. The summed E-state index contributed by atoms with van der Waals surface area (Å²) < 4.78 is 1.16. The third-order valence-corrected chi connectivity index (χ3v) is 3.73. The molecule has 1 aromatic carbocycles. The molecule has 0 saturated carbocycles. The number of thiophene rings is 1. The molecule has 2 heterocycles. The summed E-state index contributed by atoms with van der Waals surface area (Å²) >= 11 is 1.56. The average molecular weight is 256 g/mol. The summed E-state index contributed by atoms with van der Waals surface area (Å²) in [4.78, 5) is 5.51. The lowest BCUT2D eigenvalue weighted by Crippen LogP contribution is -1.95. The number of hydrogen-bond acceptors (Lipinski definition) is 3. The third-order valence-electron chi connectivity index (χ3n) is 2.87. The van der Waals surface area contributed by atoms with E-state index in [2.05, 4.69) is 4.98 Å². The van der Waals surface area contributed by atoms with Crippen LogP contribution in [0.1, 0.15) is 5.69 Å². The summed E-state index contributed by atoms with van der Waals surface area (Å²) in [6, 6.07) is 13.8. The van der Waals surface area contributed by atoms with E-state index in [0.717, 1.165) is 26.6 Å². The zero-order valence-electron chi connectivity index (χ0n) is 9.87. The standard InChI is InChI=1S/C14H12N2OS/c1-10-13(11-6-3-2-4-7-11)15-14(16(10)17)12-8-5-9-18-12/h2-9,17H,1H3. The normalized spacial score (nSPS) is 10.7. The largest absolute Gasteiger partial charge is 0.427 e. The lowest BCUT2D eigenvalue weighted by molar-refractivity contribution is 0.185. The minimum absolute atomic E-state index is 0.598. The summed E-state index contributed by atoms with van der Waals surface area (Å²) in [5.41, 5.74) is 2.59. The number of nitrogens with zero attached hydrogens (tertiary/aromatic N) is 2. The topological polar surface area (TPSA) is 38.0 Å². The van der Waals surface area contributed by atoms with Gasteiger partial charge in [0, 0.05) is 5.56 Å². The van der Waals surface area contributed by atoms with Crippen LogP contribution in [0.3, 0.4) is 0 Å². The first kappa shape index (κ1) is 11.0. The Labute approximate surface area is 109 Å². The Kier molecular flexibility index (Phi) is 2.64. The maximum atomic E-state index is 10.1. The quantitative estimate of drug-likeness (QED) is 0.708. The van der Waals surface area contributed by atoms with Gasteiger partial charge in [-0.2, -0.15) is 4.73 Å². The number of benzene rings is 1. The zero-order valence-corrected chi connectivity index (χ0v) is 10.7. The predicted molar refractivity (Wildman–Crippen MR) is 72.9 cm³/mol. The van der Waals surface area contributed by atoms with Gasteiger partial charge in [0.1, 0.15) is 0 Å². The average Bonchev–Trinajstić information content (AvgIpc) is 3.01. The van der Waals surface area contributed by atoms with Gasteiger partial charge in [0.2, 0.25) is 0 Å². The molecule has 0 bridgehead atoms. The van der Waals surface area contributed by atoms with Crippen molar-refractivity contribution in [3.05, 3.63) is 53.5 Å². The van der Waals surface area contributed by atoms with Crippen molar-refractivity contribution in [3.63, 3.8) is 0 Å². The number of hydrogen-bond donors (Lipinski definition) is 1. The lowest BCUT2D eigenvalue weighted by atomic mass is 10.1. The van der Waals surface area contributed by atoms with Crippen LogP contribution in [0.5, 0.6) is 0 Å². The van der Waals surface area contributed by atoms with Gasteiger partial charge in [-0.1, -0.05) is 36.4 Å². The number of aromatic nitrogens is 2. The van der Waals surface area contributed by atoms with Crippen LogP contribution in [-0.4, -0.2) is 14.9 Å². The zero-order chi connectivity index (χ0) is 12.5. The molecule has 18 heavy (non-hydrogen) atoms. The van der Waals surface area contributed by atoms with Crippen LogP contribution in [0.4, 0.5) is 0 Å². The number of rotatable bonds is 2. The molecule has 3 rings (SSSR count). The van der Waals surface area contributed by atoms with E-state index in [9.17, 15) is 5.21 Å². The van der Waals surface area contributed by atoms with Crippen LogP contribution in [0, 0.1) is 6.92 Å². The highest BCUT2D eigenvalue weighted by Crippen LogP contribution is 2.29. The van der Waals surface area contributed by atoms with Gasteiger partial charge in [0.05, 0.1) is 16.3 Å². The third kappa shape index (κ3) is 1.71. The van der Waals surface area contributed by atoms with Crippen molar-refractivity contribution < 1.29 is 5.21 Å². The minimum Gasteiger partial charge on any atom is -0.427 e. The van der Waals surface area contributed by atoms with Crippen molar-refractivity contribution >= 4 is 11.3 Å². The molecule has 0 aliphatic rings. The highest BCUT2D eigenvalue weighted by Gasteiger charge is 2.16. The summed E-state index contributed by atoms with van der Waals surface area (Å²) in [6.07, 6.45) is 0. The van der Waals surface area contributed by atoms with Crippen molar-refractivity contribution in [1.29, 1.82) is 0 Å². The van der Waals surface area contributed by atoms with Gasteiger partial charge in [-0.05, 0) is 18.4 Å². The van der Waals surface area contributed by atoms with Crippen LogP contribution in [-0.2, 0) is 0 Å². The molecule has 1 N–H and O–H groups in total. The monoisotopic (exact) mass is 256 g/mol. The van der Waals surface area contributed by atoms with E-state index in [1.807, 2.05) is 54.8 Å². The fourth-order valence-electron chi connectivity index (χ4n) is 1.93. The first-order chi connectivity index (χ1) is 8.77. The van der Waals surface area contributed by atoms with Crippen LogP contribution in [0.25, 0.3) is 22.0 Å². The Morgan fingerprint density at radius 3 is 2.56 bits per heavy atom. The van der Waals surface area contributed by atoms with Gasteiger partial charge in [-0.3, -0.25) is 0 Å². The molecule has 0 saturated heterocycles. The molecule has 0 radical (unpaired) electrons. The van der Waals surface area contributed by atoms with Crippen LogP contribution >= 0.6 is 11.3 Å². The molecule has 3 aromatic rings. The highest BCUT2D eigenvalue weighted by atomic mass is 32.1. The maximum absolute atomic E-state index is 10.1. The molecule has 0 amide bonds. The molecule has 0 aliphatic carbocycles. The second kappa shape index (κ2) is 4.31. The van der Waals surface area contributed by atoms with E-state index >= 15 is 0 Å². The molecule has 4 heteroatoms. The Hall–Kier alpha value is -2.07. The Morgan fingerprint density at radius 1 is 1.11 bits per heavy atom. The lowest BCUT2D eigenvalue weighted by Gasteiger charge is -1.99. The molecule has 0 spiro atoms. The van der Waals surface area contributed by atoms with E-state index in [4.69, 9.17) is 0 Å². The van der Waals surface area contributed by atoms with Gasteiger partial charge < -0.3 is 5.21 Å². The van der Waals surface area contributed by atoms with Gasteiger partial charge in [0.15, 0.2) is 5.82 Å². The van der Waals surface area contributed by atoms with Gasteiger partial charge in [-0.15, -0.1) is 11.3 Å². The smallest absolute Gasteiger partial charge is 0.186 e. The fraction of sp³-hybridized carbons (Fsp3) is 0.0714. The van der Waals surface area contributed by atoms with E-state index in [1.165, 1.54) is 0 Å². The molecule has 0 fully saturated rings. The molecular formula is C14H12N2OS. The molecule has 2 aromatic heterocycles. The SMILES string of the molecule is Cc1c(-c2ccccc2)nc(-c2cccs2)n1O. The predicted octanol–water partition coefficient (Wildman–Crippen LogP) is 3.82. The van der Waals surface area contributed by atoms with Crippen LogP contribution in [0.2, 0.25) is 0 Å². The van der Waals surface area contributed by atoms with Crippen molar-refractivity contribution in [1.82, 2.24) is 9.71 Å². The van der Waals surface area contributed by atoms with E-state index < -0.39 is 0 Å². The van der Waals surface area contributed by atoms with Gasteiger partial charge >= 0.3 is 0 Å². The molecular weight excluding hydrogens is 244 g/mol. The summed E-state index contributed by atoms with van der Waals surface area (Å²) in [6.45, 7) is 1.87. The van der Waals surface area contributed by atoms with E-state index in [0.29, 0.717) is 5.82 Å². The van der Waals surface area contributed by atoms with Crippen LogP contribution < -0.4 is 0 Å². The summed E-state index contributed by atoms with van der Waals surface area (Å²) in [5, 5.41) is 12.1.